The van der Waals surface area contributed by atoms with E-state index in [1.807, 2.05) is 17.4 Å². The lowest BCUT2D eigenvalue weighted by Crippen LogP contribution is -2.38. The molecule has 1 aliphatic heterocycles. The van der Waals surface area contributed by atoms with Crippen molar-refractivity contribution in [3.63, 3.8) is 0 Å². The van der Waals surface area contributed by atoms with Crippen LogP contribution in [-0.2, 0) is 6.54 Å². The molecule has 0 radical (unpaired) electrons. The third kappa shape index (κ3) is 2.18. The first-order valence-corrected chi connectivity index (χ1v) is 8.80. The summed E-state index contributed by atoms with van der Waals surface area (Å²) in [5, 5.41) is 2.15. The molecule has 0 saturated carbocycles. The normalized spacial score (nSPS) is 22.0. The molecule has 2 aromatic carbocycles. The van der Waals surface area contributed by atoms with Crippen LogP contribution in [0.5, 0.6) is 0 Å². The lowest BCUT2D eigenvalue weighted by molar-refractivity contribution is 0.215. The monoisotopic (exact) mass is 327 g/mol. The number of hydrogen-bond donors (Lipinski definition) is 0. The van der Waals surface area contributed by atoms with Crippen molar-refractivity contribution in [3.05, 3.63) is 69.6 Å². The number of fused-ring (bicyclic) bond motifs is 3. The molecule has 0 bridgehead atoms. The van der Waals surface area contributed by atoms with E-state index in [-0.39, 0.29) is 0 Å². The van der Waals surface area contributed by atoms with Crippen molar-refractivity contribution >= 4 is 33.0 Å². The fraction of sp³-hybridized carbons (Fsp3) is 0.263. The summed E-state index contributed by atoms with van der Waals surface area (Å²) in [7, 11) is 2.22. The topological polar surface area (TPSA) is 3.24 Å². The number of benzene rings is 2. The molecular formula is C19H18ClNS. The molecule has 0 aliphatic carbocycles. The zero-order chi connectivity index (χ0) is 15.3. The van der Waals surface area contributed by atoms with Gasteiger partial charge in [0.1, 0.15) is 0 Å². The molecule has 1 aliphatic rings. The lowest BCUT2D eigenvalue weighted by atomic mass is 9.84. The summed E-state index contributed by atoms with van der Waals surface area (Å²) < 4.78 is 1.35. The van der Waals surface area contributed by atoms with Gasteiger partial charge < -0.3 is 0 Å². The quantitative estimate of drug-likeness (QED) is 0.568. The van der Waals surface area contributed by atoms with Crippen LogP contribution in [0.3, 0.4) is 0 Å². The average Bonchev–Trinajstić information content (AvgIpc) is 2.87. The molecule has 0 spiro atoms. The van der Waals surface area contributed by atoms with Gasteiger partial charge in [-0.05, 0) is 48.7 Å². The number of thiophene rings is 1. The van der Waals surface area contributed by atoms with Crippen molar-refractivity contribution in [2.75, 3.05) is 7.05 Å². The van der Waals surface area contributed by atoms with Crippen LogP contribution in [0.2, 0.25) is 5.02 Å². The van der Waals surface area contributed by atoms with Crippen LogP contribution < -0.4 is 0 Å². The van der Waals surface area contributed by atoms with E-state index in [9.17, 15) is 0 Å². The predicted octanol–water partition coefficient (Wildman–Crippen LogP) is 5.52. The smallest absolute Gasteiger partial charge is 0.0413 e. The fourth-order valence-corrected chi connectivity index (χ4v) is 5.11. The summed E-state index contributed by atoms with van der Waals surface area (Å²) in [5.74, 6) is 0.436. The highest BCUT2D eigenvalue weighted by Crippen LogP contribution is 2.45. The first-order valence-electron chi connectivity index (χ1n) is 7.61. The summed E-state index contributed by atoms with van der Waals surface area (Å²) >= 11 is 8.16. The van der Waals surface area contributed by atoms with Gasteiger partial charge in [-0.15, -0.1) is 11.3 Å². The Hall–Kier alpha value is -1.35. The van der Waals surface area contributed by atoms with Gasteiger partial charge in [-0.2, -0.15) is 0 Å². The number of hydrogen-bond acceptors (Lipinski definition) is 2. The number of nitrogens with zero attached hydrogens (tertiary/aromatic N) is 1. The minimum atomic E-state index is 0.436. The van der Waals surface area contributed by atoms with Crippen molar-refractivity contribution in [1.82, 2.24) is 4.90 Å². The van der Waals surface area contributed by atoms with Gasteiger partial charge in [0.25, 0.3) is 0 Å². The van der Waals surface area contributed by atoms with Crippen LogP contribution in [0.25, 0.3) is 10.1 Å². The first kappa shape index (κ1) is 14.3. The van der Waals surface area contributed by atoms with Gasteiger partial charge in [-0.1, -0.05) is 41.9 Å². The molecule has 1 aromatic heterocycles. The maximum absolute atomic E-state index is 6.23. The molecule has 112 valence electrons. The van der Waals surface area contributed by atoms with Crippen LogP contribution in [0.4, 0.5) is 0 Å². The number of halogens is 1. The Morgan fingerprint density at radius 2 is 1.91 bits per heavy atom. The second kappa shape index (κ2) is 5.38. The highest BCUT2D eigenvalue weighted by molar-refractivity contribution is 7.19. The Balaban J connectivity index is 1.96. The van der Waals surface area contributed by atoms with Crippen molar-refractivity contribution < 1.29 is 0 Å². The van der Waals surface area contributed by atoms with Crippen LogP contribution >= 0.6 is 22.9 Å². The molecule has 0 fully saturated rings. The van der Waals surface area contributed by atoms with Crippen molar-refractivity contribution in [2.24, 2.45) is 0 Å². The minimum absolute atomic E-state index is 0.436. The van der Waals surface area contributed by atoms with E-state index in [2.05, 4.69) is 61.3 Å². The standard InChI is InChI=1S/C19H18ClNS/c1-12-18(13-6-4-3-5-7-13)19-16(11-21(12)2)15-10-14(20)8-9-17(15)22-19/h3-10,12,18H,11H2,1-2H3. The zero-order valence-corrected chi connectivity index (χ0v) is 14.3. The molecule has 4 rings (SSSR count). The molecule has 22 heavy (non-hydrogen) atoms. The van der Waals surface area contributed by atoms with Crippen molar-refractivity contribution in [2.45, 2.75) is 25.4 Å². The van der Waals surface area contributed by atoms with E-state index in [1.54, 1.807) is 0 Å². The lowest BCUT2D eigenvalue weighted by Gasteiger charge is -2.37. The van der Waals surface area contributed by atoms with Gasteiger partial charge >= 0.3 is 0 Å². The van der Waals surface area contributed by atoms with Crippen LogP contribution in [0, 0.1) is 0 Å². The van der Waals surface area contributed by atoms with E-state index in [4.69, 9.17) is 11.6 Å². The first-order chi connectivity index (χ1) is 10.6. The number of rotatable bonds is 1. The zero-order valence-electron chi connectivity index (χ0n) is 12.7. The number of likely N-dealkylation sites (N-methyl/N-ethyl adjacent to an activating group) is 1. The van der Waals surface area contributed by atoms with E-state index < -0.39 is 0 Å². The fourth-order valence-electron chi connectivity index (χ4n) is 3.51. The summed E-state index contributed by atoms with van der Waals surface area (Å²) in [6, 6.07) is 17.6. The van der Waals surface area contributed by atoms with Crippen LogP contribution in [-0.4, -0.2) is 18.0 Å². The minimum Gasteiger partial charge on any atom is -0.298 e. The molecule has 0 N–H and O–H groups in total. The third-order valence-corrected chi connectivity index (χ3v) is 6.34. The van der Waals surface area contributed by atoms with Crippen LogP contribution in [0.15, 0.2) is 48.5 Å². The van der Waals surface area contributed by atoms with Gasteiger partial charge in [0.2, 0.25) is 0 Å². The molecule has 0 amide bonds. The molecular weight excluding hydrogens is 310 g/mol. The largest absolute Gasteiger partial charge is 0.298 e. The average molecular weight is 328 g/mol. The molecule has 3 aromatic rings. The summed E-state index contributed by atoms with van der Waals surface area (Å²) in [4.78, 5) is 3.96. The Labute approximate surface area is 140 Å². The van der Waals surface area contributed by atoms with E-state index in [0.717, 1.165) is 11.6 Å². The van der Waals surface area contributed by atoms with Crippen LogP contribution in [0.1, 0.15) is 28.8 Å². The Morgan fingerprint density at radius 1 is 1.14 bits per heavy atom. The van der Waals surface area contributed by atoms with Crippen molar-refractivity contribution in [1.29, 1.82) is 0 Å². The summed E-state index contributed by atoms with van der Waals surface area (Å²) in [5.41, 5.74) is 2.86. The highest BCUT2D eigenvalue weighted by atomic mass is 35.5. The predicted molar refractivity (Wildman–Crippen MR) is 96.0 cm³/mol. The maximum Gasteiger partial charge on any atom is 0.0413 e. The van der Waals surface area contributed by atoms with E-state index >= 15 is 0 Å². The maximum atomic E-state index is 6.23. The second-order valence-corrected chi connectivity index (χ2v) is 7.65. The summed E-state index contributed by atoms with van der Waals surface area (Å²) in [6.45, 7) is 3.33. The van der Waals surface area contributed by atoms with Gasteiger partial charge in [-0.3, -0.25) is 4.90 Å². The summed E-state index contributed by atoms with van der Waals surface area (Å²) in [6.07, 6.45) is 0. The van der Waals surface area contributed by atoms with Gasteiger partial charge in [0.05, 0.1) is 0 Å². The van der Waals surface area contributed by atoms with Gasteiger partial charge in [-0.25, -0.2) is 0 Å². The van der Waals surface area contributed by atoms with E-state index in [0.29, 0.717) is 12.0 Å². The highest BCUT2D eigenvalue weighted by Gasteiger charge is 2.34. The molecule has 1 nitrogen and oxygen atoms in total. The van der Waals surface area contributed by atoms with E-state index in [1.165, 1.54) is 26.1 Å². The second-order valence-electron chi connectivity index (χ2n) is 6.13. The SMILES string of the molecule is CC1C(c2ccccc2)c2sc3ccc(Cl)cc3c2CN1C. The Morgan fingerprint density at radius 3 is 2.68 bits per heavy atom. The van der Waals surface area contributed by atoms with Gasteiger partial charge in [0.15, 0.2) is 0 Å². The molecule has 0 saturated heterocycles. The molecule has 2 heterocycles. The molecule has 2 atom stereocenters. The Bertz CT molecular complexity index is 824. The molecule has 2 unspecified atom stereocenters. The Kier molecular flexibility index (Phi) is 3.48. The third-order valence-electron chi connectivity index (χ3n) is 4.81. The molecule has 3 heteroatoms. The van der Waals surface area contributed by atoms with Gasteiger partial charge in [0, 0.05) is 33.1 Å². The van der Waals surface area contributed by atoms with Crippen molar-refractivity contribution in [3.8, 4) is 0 Å².